The quantitative estimate of drug-likeness (QED) is 0.851. The van der Waals surface area contributed by atoms with Crippen molar-refractivity contribution >= 4 is 0 Å². The highest BCUT2D eigenvalue weighted by Crippen LogP contribution is 2.28. The van der Waals surface area contributed by atoms with E-state index >= 15 is 0 Å². The van der Waals surface area contributed by atoms with Gasteiger partial charge in [-0.25, -0.2) is 0 Å². The number of benzene rings is 1. The third-order valence-corrected chi connectivity index (χ3v) is 3.50. The molecule has 17 heavy (non-hydrogen) atoms. The topological polar surface area (TPSA) is 29.5 Å². The Kier molecular flexibility index (Phi) is 3.72. The van der Waals surface area contributed by atoms with Gasteiger partial charge >= 0.3 is 0 Å². The first-order chi connectivity index (χ1) is 8.04. The molecule has 1 aromatic carbocycles. The van der Waals surface area contributed by atoms with E-state index in [0.717, 1.165) is 25.0 Å². The molecule has 1 aliphatic rings. The third kappa shape index (κ3) is 3.22. The summed E-state index contributed by atoms with van der Waals surface area (Å²) >= 11 is 0. The molecule has 0 radical (unpaired) electrons. The predicted molar refractivity (Wildman–Crippen MR) is 69.4 cm³/mol. The van der Waals surface area contributed by atoms with Crippen LogP contribution in [0.4, 0.5) is 0 Å². The SMILES string of the molecule is Cc1cc(C)cc(OC2CC(C)CCC2O)c1. The molecule has 94 valence electrons. The number of ether oxygens (including phenoxy) is 1. The maximum absolute atomic E-state index is 9.96. The number of hydrogen-bond acceptors (Lipinski definition) is 2. The van der Waals surface area contributed by atoms with E-state index in [2.05, 4.69) is 26.8 Å². The van der Waals surface area contributed by atoms with Gasteiger partial charge in [0.25, 0.3) is 0 Å². The number of aliphatic hydroxyl groups excluding tert-OH is 1. The van der Waals surface area contributed by atoms with Gasteiger partial charge in [0.15, 0.2) is 0 Å². The fourth-order valence-electron chi connectivity index (χ4n) is 2.62. The molecule has 1 aliphatic carbocycles. The van der Waals surface area contributed by atoms with Crippen molar-refractivity contribution in [3.8, 4) is 5.75 Å². The highest BCUT2D eigenvalue weighted by atomic mass is 16.5. The van der Waals surface area contributed by atoms with E-state index in [4.69, 9.17) is 4.74 Å². The fraction of sp³-hybridized carbons (Fsp3) is 0.600. The summed E-state index contributed by atoms with van der Waals surface area (Å²) in [7, 11) is 0. The summed E-state index contributed by atoms with van der Waals surface area (Å²) in [6.07, 6.45) is 2.56. The summed E-state index contributed by atoms with van der Waals surface area (Å²) in [6, 6.07) is 6.21. The molecule has 0 aromatic heterocycles. The summed E-state index contributed by atoms with van der Waals surface area (Å²) in [5, 5.41) is 9.96. The van der Waals surface area contributed by atoms with Crippen molar-refractivity contribution in [3.63, 3.8) is 0 Å². The third-order valence-electron chi connectivity index (χ3n) is 3.50. The smallest absolute Gasteiger partial charge is 0.125 e. The van der Waals surface area contributed by atoms with Crippen molar-refractivity contribution in [2.75, 3.05) is 0 Å². The molecular weight excluding hydrogens is 212 g/mol. The summed E-state index contributed by atoms with van der Waals surface area (Å²) in [5.41, 5.74) is 2.41. The maximum atomic E-state index is 9.96. The van der Waals surface area contributed by atoms with Crippen LogP contribution >= 0.6 is 0 Å². The second-order valence-corrected chi connectivity index (χ2v) is 5.47. The first-order valence-electron chi connectivity index (χ1n) is 6.47. The molecule has 3 atom stereocenters. The lowest BCUT2D eigenvalue weighted by Gasteiger charge is -2.32. The van der Waals surface area contributed by atoms with Gasteiger partial charge in [-0.1, -0.05) is 13.0 Å². The molecular formula is C15H22O2. The minimum atomic E-state index is -0.313. The highest BCUT2D eigenvalue weighted by molar-refractivity contribution is 5.33. The van der Waals surface area contributed by atoms with Gasteiger partial charge in [0.1, 0.15) is 11.9 Å². The highest BCUT2D eigenvalue weighted by Gasteiger charge is 2.28. The zero-order valence-corrected chi connectivity index (χ0v) is 10.9. The van der Waals surface area contributed by atoms with Gasteiger partial charge in [0.05, 0.1) is 6.10 Å². The van der Waals surface area contributed by atoms with Crippen LogP contribution in [0.2, 0.25) is 0 Å². The van der Waals surface area contributed by atoms with Crippen LogP contribution in [0.5, 0.6) is 5.75 Å². The van der Waals surface area contributed by atoms with Gasteiger partial charge in [0, 0.05) is 0 Å². The molecule has 1 aromatic rings. The molecule has 0 aliphatic heterocycles. The summed E-state index contributed by atoms with van der Waals surface area (Å²) in [5.74, 6) is 1.54. The van der Waals surface area contributed by atoms with Crippen molar-refractivity contribution in [3.05, 3.63) is 29.3 Å². The van der Waals surface area contributed by atoms with Gasteiger partial charge in [0.2, 0.25) is 0 Å². The molecule has 0 saturated heterocycles. The van der Waals surface area contributed by atoms with Crippen molar-refractivity contribution in [1.82, 2.24) is 0 Å². The number of aryl methyl sites for hydroxylation is 2. The van der Waals surface area contributed by atoms with E-state index in [0.29, 0.717) is 5.92 Å². The molecule has 1 N–H and O–H groups in total. The average Bonchev–Trinajstić information content (AvgIpc) is 2.22. The minimum absolute atomic E-state index is 0.0417. The van der Waals surface area contributed by atoms with Crippen LogP contribution in [0.15, 0.2) is 18.2 Å². The largest absolute Gasteiger partial charge is 0.488 e. The molecule has 2 heteroatoms. The molecule has 2 nitrogen and oxygen atoms in total. The predicted octanol–water partition coefficient (Wildman–Crippen LogP) is 3.23. The van der Waals surface area contributed by atoms with Crippen LogP contribution in [-0.2, 0) is 0 Å². The summed E-state index contributed by atoms with van der Waals surface area (Å²) < 4.78 is 5.95. The molecule has 0 bridgehead atoms. The molecule has 0 heterocycles. The maximum Gasteiger partial charge on any atom is 0.125 e. The number of hydrogen-bond donors (Lipinski definition) is 1. The lowest BCUT2D eigenvalue weighted by molar-refractivity contribution is -0.00762. The number of rotatable bonds is 2. The summed E-state index contributed by atoms with van der Waals surface area (Å²) in [6.45, 7) is 6.36. The molecule has 3 unspecified atom stereocenters. The van der Waals surface area contributed by atoms with Gasteiger partial charge < -0.3 is 9.84 Å². The normalized spacial score (nSPS) is 29.1. The van der Waals surface area contributed by atoms with E-state index < -0.39 is 0 Å². The Morgan fingerprint density at radius 1 is 1.12 bits per heavy atom. The van der Waals surface area contributed by atoms with E-state index in [1.54, 1.807) is 0 Å². The van der Waals surface area contributed by atoms with Crippen LogP contribution in [-0.4, -0.2) is 17.3 Å². The molecule has 2 rings (SSSR count). The first kappa shape index (κ1) is 12.4. The van der Waals surface area contributed by atoms with E-state index in [-0.39, 0.29) is 12.2 Å². The van der Waals surface area contributed by atoms with Gasteiger partial charge in [-0.2, -0.15) is 0 Å². The van der Waals surface area contributed by atoms with Crippen LogP contribution < -0.4 is 4.74 Å². The summed E-state index contributed by atoms with van der Waals surface area (Å²) in [4.78, 5) is 0. The Morgan fingerprint density at radius 3 is 2.41 bits per heavy atom. The Bertz CT molecular complexity index is 366. The number of aliphatic hydroxyl groups is 1. The molecule has 0 spiro atoms. The molecule has 1 fully saturated rings. The van der Waals surface area contributed by atoms with Gasteiger partial charge in [-0.15, -0.1) is 0 Å². The second-order valence-electron chi connectivity index (χ2n) is 5.47. The Hall–Kier alpha value is -1.02. The molecule has 1 saturated carbocycles. The second kappa shape index (κ2) is 5.09. The van der Waals surface area contributed by atoms with Crippen molar-refractivity contribution in [1.29, 1.82) is 0 Å². The van der Waals surface area contributed by atoms with Crippen LogP contribution in [0.3, 0.4) is 0 Å². The van der Waals surface area contributed by atoms with Crippen LogP contribution in [0, 0.1) is 19.8 Å². The lowest BCUT2D eigenvalue weighted by Crippen LogP contribution is -2.37. The van der Waals surface area contributed by atoms with Crippen molar-refractivity contribution in [2.45, 2.75) is 52.2 Å². The van der Waals surface area contributed by atoms with Crippen LogP contribution in [0.25, 0.3) is 0 Å². The van der Waals surface area contributed by atoms with Crippen molar-refractivity contribution in [2.24, 2.45) is 5.92 Å². The first-order valence-corrected chi connectivity index (χ1v) is 6.47. The van der Waals surface area contributed by atoms with E-state index in [1.807, 2.05) is 12.1 Å². The van der Waals surface area contributed by atoms with Crippen molar-refractivity contribution < 1.29 is 9.84 Å². The fourth-order valence-corrected chi connectivity index (χ4v) is 2.62. The van der Waals surface area contributed by atoms with Gasteiger partial charge in [-0.05, 0) is 62.3 Å². The van der Waals surface area contributed by atoms with E-state index in [9.17, 15) is 5.11 Å². The monoisotopic (exact) mass is 234 g/mol. The van der Waals surface area contributed by atoms with E-state index in [1.165, 1.54) is 11.1 Å². The zero-order valence-electron chi connectivity index (χ0n) is 10.9. The molecule has 0 amide bonds. The Balaban J connectivity index is 2.08. The lowest BCUT2D eigenvalue weighted by atomic mass is 9.86. The Labute approximate surface area is 104 Å². The standard InChI is InChI=1S/C15H22O2/c1-10-4-5-14(16)15(9-10)17-13-7-11(2)6-12(3)8-13/h6-8,10,14-16H,4-5,9H2,1-3H3. The average molecular weight is 234 g/mol. The Morgan fingerprint density at radius 2 is 1.76 bits per heavy atom. The van der Waals surface area contributed by atoms with Crippen LogP contribution in [0.1, 0.15) is 37.3 Å². The van der Waals surface area contributed by atoms with Gasteiger partial charge in [-0.3, -0.25) is 0 Å². The minimum Gasteiger partial charge on any atom is -0.488 e. The zero-order chi connectivity index (χ0) is 12.4.